The van der Waals surface area contributed by atoms with E-state index >= 15 is 0 Å². The van der Waals surface area contributed by atoms with Crippen molar-refractivity contribution in [2.75, 3.05) is 171 Å². The zero-order valence-electron chi connectivity index (χ0n) is 30.0. The Labute approximate surface area is 298 Å². The Hall–Kier alpha value is -1.70. The van der Waals surface area contributed by atoms with Crippen LogP contribution in [0.5, 0.6) is 5.75 Å². The number of nitrogen functional groups attached to an aromatic ring is 1. The Morgan fingerprint density at radius 3 is 1.06 bits per heavy atom. The van der Waals surface area contributed by atoms with Crippen LogP contribution in [0.15, 0.2) is 24.3 Å². The Bertz CT molecular complexity index is 819. The fraction of sp³-hybridized carbons (Fsp3) is 0.829. The molecule has 1 aliphatic rings. The first-order chi connectivity index (χ1) is 24.8. The maximum absolute atomic E-state index is 5.64. The van der Waals surface area contributed by atoms with Gasteiger partial charge >= 0.3 is 0 Å². The summed E-state index contributed by atoms with van der Waals surface area (Å²) in [7, 11) is 0. The Morgan fingerprint density at radius 1 is 0.420 bits per heavy atom. The van der Waals surface area contributed by atoms with Gasteiger partial charge in [0.25, 0.3) is 0 Å². The summed E-state index contributed by atoms with van der Waals surface area (Å²) in [5.74, 6) is 0.771. The molecular weight excluding hydrogens is 658 g/mol. The number of hydrogen-bond acceptors (Lipinski definition) is 15. The first-order valence-electron chi connectivity index (χ1n) is 17.9. The van der Waals surface area contributed by atoms with E-state index in [1.165, 1.54) is 0 Å². The largest absolute Gasteiger partial charge is 0.491 e. The third-order valence-corrected chi connectivity index (χ3v) is 6.77. The van der Waals surface area contributed by atoms with Crippen LogP contribution >= 0.6 is 0 Å². The molecule has 2 N–H and O–H groups in total. The molecule has 50 heavy (non-hydrogen) atoms. The van der Waals surface area contributed by atoms with Crippen molar-refractivity contribution < 1.29 is 66.3 Å². The average molecular weight is 722 g/mol. The van der Waals surface area contributed by atoms with Crippen molar-refractivity contribution in [3.8, 4) is 5.75 Å². The van der Waals surface area contributed by atoms with Crippen LogP contribution in [0.4, 0.5) is 5.69 Å². The summed E-state index contributed by atoms with van der Waals surface area (Å²) < 4.78 is 77.0. The third-order valence-electron chi connectivity index (χ3n) is 6.77. The molecule has 0 saturated carbocycles. The molecule has 1 saturated heterocycles. The maximum Gasteiger partial charge on any atom is 0.157 e. The molecule has 2 rings (SSSR count). The Kier molecular flexibility index (Phi) is 31.7. The quantitative estimate of drug-likeness (QED) is 0.0784. The van der Waals surface area contributed by atoms with Gasteiger partial charge < -0.3 is 72.0 Å². The summed E-state index contributed by atoms with van der Waals surface area (Å²) >= 11 is 0. The van der Waals surface area contributed by atoms with E-state index in [9.17, 15) is 0 Å². The van der Waals surface area contributed by atoms with E-state index in [-0.39, 0.29) is 6.29 Å². The number of ether oxygens (including phenoxy) is 14. The van der Waals surface area contributed by atoms with Gasteiger partial charge in [-0.05, 0) is 43.5 Å². The highest BCUT2D eigenvalue weighted by atomic mass is 16.7. The van der Waals surface area contributed by atoms with Crippen molar-refractivity contribution >= 4 is 5.69 Å². The van der Waals surface area contributed by atoms with Crippen molar-refractivity contribution in [1.82, 2.24) is 0 Å². The van der Waals surface area contributed by atoms with Crippen molar-refractivity contribution in [2.45, 2.75) is 25.6 Å². The van der Waals surface area contributed by atoms with Crippen LogP contribution in [0.2, 0.25) is 0 Å². The Morgan fingerprint density at radius 2 is 0.740 bits per heavy atom. The van der Waals surface area contributed by atoms with Gasteiger partial charge in [-0.3, -0.25) is 0 Å². The number of rotatable bonds is 38. The van der Waals surface area contributed by atoms with Crippen molar-refractivity contribution in [1.29, 1.82) is 0 Å². The lowest BCUT2D eigenvalue weighted by Crippen LogP contribution is -2.24. The van der Waals surface area contributed by atoms with Gasteiger partial charge in [-0.15, -0.1) is 0 Å². The fourth-order valence-electron chi connectivity index (χ4n) is 4.16. The number of benzene rings is 1. The molecule has 0 amide bonds. The van der Waals surface area contributed by atoms with E-state index in [1.807, 2.05) is 12.1 Å². The highest BCUT2D eigenvalue weighted by Crippen LogP contribution is 2.13. The van der Waals surface area contributed by atoms with E-state index in [1.54, 1.807) is 12.1 Å². The second-order valence-corrected chi connectivity index (χ2v) is 10.8. The molecule has 0 spiro atoms. The predicted molar refractivity (Wildman–Crippen MR) is 185 cm³/mol. The molecule has 1 atom stereocenters. The second kappa shape index (κ2) is 35.7. The van der Waals surface area contributed by atoms with Gasteiger partial charge in [0.05, 0.1) is 152 Å². The molecule has 1 unspecified atom stereocenters. The zero-order valence-corrected chi connectivity index (χ0v) is 30.0. The second-order valence-electron chi connectivity index (χ2n) is 10.8. The van der Waals surface area contributed by atoms with Crippen LogP contribution in [-0.2, 0) is 61.6 Å². The molecule has 0 aromatic heterocycles. The highest BCUT2D eigenvalue weighted by Gasteiger charge is 2.13. The van der Waals surface area contributed by atoms with Crippen LogP contribution in [0.3, 0.4) is 0 Å². The minimum absolute atomic E-state index is 0.0681. The summed E-state index contributed by atoms with van der Waals surface area (Å²) in [6, 6.07) is 7.27. The van der Waals surface area contributed by atoms with Crippen molar-refractivity contribution in [3.63, 3.8) is 0 Å². The van der Waals surface area contributed by atoms with Gasteiger partial charge in [0, 0.05) is 12.3 Å². The van der Waals surface area contributed by atoms with E-state index in [4.69, 9.17) is 72.0 Å². The first kappa shape index (κ1) is 44.5. The molecule has 0 radical (unpaired) electrons. The minimum Gasteiger partial charge on any atom is -0.491 e. The topological polar surface area (TPSA) is 155 Å². The van der Waals surface area contributed by atoms with Gasteiger partial charge in [0.2, 0.25) is 0 Å². The number of nitrogens with two attached hydrogens (primary N) is 1. The summed E-state index contributed by atoms with van der Waals surface area (Å²) in [5.41, 5.74) is 6.35. The summed E-state index contributed by atoms with van der Waals surface area (Å²) in [5, 5.41) is 0. The normalized spacial score (nSPS) is 14.8. The van der Waals surface area contributed by atoms with Gasteiger partial charge in [-0.25, -0.2) is 0 Å². The van der Waals surface area contributed by atoms with Crippen molar-refractivity contribution in [3.05, 3.63) is 24.3 Å². The minimum atomic E-state index is -0.0681. The predicted octanol–water partition coefficient (Wildman–Crippen LogP) is 2.37. The molecule has 292 valence electrons. The van der Waals surface area contributed by atoms with E-state index < -0.39 is 0 Å². The summed E-state index contributed by atoms with van der Waals surface area (Å²) in [4.78, 5) is 0. The molecular formula is C35H63NO14. The Balaban J connectivity index is 1.12. The van der Waals surface area contributed by atoms with Gasteiger partial charge in [-0.1, -0.05) is 0 Å². The van der Waals surface area contributed by atoms with Gasteiger partial charge in [0.1, 0.15) is 12.4 Å². The molecule has 1 aromatic rings. The van der Waals surface area contributed by atoms with Gasteiger partial charge in [0.15, 0.2) is 6.29 Å². The molecule has 15 nitrogen and oxygen atoms in total. The van der Waals surface area contributed by atoms with Gasteiger partial charge in [-0.2, -0.15) is 0 Å². The van der Waals surface area contributed by atoms with E-state index in [0.29, 0.717) is 164 Å². The van der Waals surface area contributed by atoms with E-state index in [2.05, 4.69) is 0 Å². The monoisotopic (exact) mass is 721 g/mol. The number of hydrogen-bond donors (Lipinski definition) is 1. The standard InChI is InChI=1S/C35H63NO14/c36-33-4-6-34(7-5-33)48-31-29-46-27-25-44-23-21-42-19-17-40-15-13-38-11-9-37-10-12-39-14-16-41-18-20-43-22-24-45-26-28-47-30-32-50-35-3-1-2-8-49-35/h4-7,35H,1-3,8-32,36H2. The lowest BCUT2D eigenvalue weighted by molar-refractivity contribution is -0.169. The highest BCUT2D eigenvalue weighted by molar-refractivity contribution is 5.41. The molecule has 1 aromatic carbocycles. The maximum atomic E-state index is 5.64. The van der Waals surface area contributed by atoms with Crippen LogP contribution < -0.4 is 10.5 Å². The zero-order chi connectivity index (χ0) is 35.3. The molecule has 1 heterocycles. The number of anilines is 1. The van der Waals surface area contributed by atoms with Crippen LogP contribution in [0, 0.1) is 0 Å². The lowest BCUT2D eigenvalue weighted by Gasteiger charge is -2.22. The first-order valence-corrected chi connectivity index (χ1v) is 17.9. The smallest absolute Gasteiger partial charge is 0.157 e. The molecule has 1 fully saturated rings. The molecule has 0 bridgehead atoms. The lowest BCUT2D eigenvalue weighted by atomic mass is 10.2. The van der Waals surface area contributed by atoms with Crippen LogP contribution in [0.1, 0.15) is 19.3 Å². The fourth-order valence-corrected chi connectivity index (χ4v) is 4.16. The summed E-state index contributed by atoms with van der Waals surface area (Å²) in [6.07, 6.45) is 3.18. The SMILES string of the molecule is Nc1ccc(OCCOCCOCCOCCOCCOCCOCCOCCOCCOCCOCCOCCOC2CCCCO2)cc1. The molecule has 15 heteroatoms. The van der Waals surface area contributed by atoms with Crippen molar-refractivity contribution in [2.24, 2.45) is 0 Å². The summed E-state index contributed by atoms with van der Waals surface area (Å²) in [6.45, 7) is 13.1. The third kappa shape index (κ3) is 30.0. The van der Waals surface area contributed by atoms with E-state index in [0.717, 1.165) is 31.6 Å². The van der Waals surface area contributed by atoms with Crippen LogP contribution in [-0.4, -0.2) is 171 Å². The molecule has 0 aliphatic carbocycles. The average Bonchev–Trinajstić information content (AvgIpc) is 3.14. The van der Waals surface area contributed by atoms with Crippen LogP contribution in [0.25, 0.3) is 0 Å². The molecule has 1 aliphatic heterocycles.